The van der Waals surface area contributed by atoms with Crippen LogP contribution in [0.2, 0.25) is 0 Å². The highest BCUT2D eigenvalue weighted by atomic mass is 32.2. The molecular weight excluding hydrogens is 303 g/mol. The largest absolute Gasteiger partial charge is 0.378 e. The van der Waals surface area contributed by atoms with Crippen molar-refractivity contribution in [1.82, 2.24) is 0 Å². The zero-order valence-electron chi connectivity index (χ0n) is 12.2. The summed E-state index contributed by atoms with van der Waals surface area (Å²) in [5, 5.41) is 9.51. The summed E-state index contributed by atoms with van der Waals surface area (Å²) < 4.78 is 38.8. The molecule has 0 fully saturated rings. The Morgan fingerprint density at radius 2 is 1.68 bits per heavy atom. The number of sulfone groups is 1. The minimum Gasteiger partial charge on any atom is -0.378 e. The van der Waals surface area contributed by atoms with Crippen molar-refractivity contribution < 1.29 is 17.9 Å². The first-order valence-electron chi connectivity index (χ1n) is 6.55. The van der Waals surface area contributed by atoms with Gasteiger partial charge in [-0.2, -0.15) is 0 Å². The maximum atomic E-state index is 14.0. The van der Waals surface area contributed by atoms with Gasteiger partial charge in [0.2, 0.25) is 9.84 Å². The van der Waals surface area contributed by atoms with Crippen LogP contribution in [-0.4, -0.2) is 19.1 Å². The second-order valence-electron chi connectivity index (χ2n) is 5.27. The van der Waals surface area contributed by atoms with Crippen LogP contribution in [0.5, 0.6) is 0 Å². The molecule has 0 unspecified atom stereocenters. The first-order valence-corrected chi connectivity index (χ1v) is 8.04. The molecule has 1 N–H and O–H groups in total. The molecule has 3 nitrogen and oxygen atoms in total. The van der Waals surface area contributed by atoms with E-state index in [1.165, 1.54) is 38.1 Å². The standard InChI is InChI=1S/C17H15FO3S/c1-17(2,19)11-10-13-8-9-15(12-16(13)18)22(20,21)14-6-4-3-5-7-14/h3-9,12,19H,1-2H3. The summed E-state index contributed by atoms with van der Waals surface area (Å²) >= 11 is 0. The summed E-state index contributed by atoms with van der Waals surface area (Å²) in [5.74, 6) is 4.24. The van der Waals surface area contributed by atoms with E-state index < -0.39 is 21.3 Å². The Morgan fingerprint density at radius 3 is 2.23 bits per heavy atom. The molecule has 2 aromatic rings. The normalized spacial score (nSPS) is 11.6. The molecule has 0 aromatic heterocycles. The predicted molar refractivity (Wildman–Crippen MR) is 81.5 cm³/mol. The fourth-order valence-electron chi connectivity index (χ4n) is 1.72. The quantitative estimate of drug-likeness (QED) is 0.866. The van der Waals surface area contributed by atoms with Gasteiger partial charge in [-0.05, 0) is 44.2 Å². The minimum absolute atomic E-state index is 0.0362. The Kier molecular flexibility index (Phi) is 4.36. The van der Waals surface area contributed by atoms with Crippen molar-refractivity contribution in [3.05, 3.63) is 59.9 Å². The summed E-state index contributed by atoms with van der Waals surface area (Å²) in [5.41, 5.74) is -1.21. The second-order valence-corrected chi connectivity index (χ2v) is 7.22. The number of hydrogen-bond donors (Lipinski definition) is 1. The molecule has 0 spiro atoms. The molecule has 0 radical (unpaired) electrons. The third-order valence-corrected chi connectivity index (χ3v) is 4.57. The van der Waals surface area contributed by atoms with Gasteiger partial charge in [0.25, 0.3) is 0 Å². The molecule has 5 heteroatoms. The van der Waals surface area contributed by atoms with Gasteiger partial charge >= 0.3 is 0 Å². The number of aliphatic hydroxyl groups is 1. The van der Waals surface area contributed by atoms with E-state index >= 15 is 0 Å². The van der Waals surface area contributed by atoms with E-state index in [2.05, 4.69) is 11.8 Å². The maximum Gasteiger partial charge on any atom is 0.206 e. The molecule has 0 saturated heterocycles. The molecular formula is C17H15FO3S. The number of rotatable bonds is 2. The highest BCUT2D eigenvalue weighted by Gasteiger charge is 2.18. The maximum absolute atomic E-state index is 14.0. The van der Waals surface area contributed by atoms with Gasteiger partial charge in [-0.3, -0.25) is 0 Å². The summed E-state index contributed by atoms with van der Waals surface area (Å²) in [6, 6.07) is 11.4. The van der Waals surface area contributed by atoms with E-state index in [9.17, 15) is 17.9 Å². The summed E-state index contributed by atoms with van der Waals surface area (Å²) in [7, 11) is -3.76. The molecule has 114 valence electrons. The summed E-state index contributed by atoms with van der Waals surface area (Å²) in [6.07, 6.45) is 0. The van der Waals surface area contributed by atoms with Gasteiger partial charge < -0.3 is 5.11 Å². The Bertz CT molecular complexity index is 839. The van der Waals surface area contributed by atoms with Gasteiger partial charge in [-0.1, -0.05) is 30.0 Å². The highest BCUT2D eigenvalue weighted by molar-refractivity contribution is 7.91. The van der Waals surface area contributed by atoms with E-state index in [0.717, 1.165) is 6.07 Å². The molecule has 0 atom stereocenters. The van der Waals surface area contributed by atoms with E-state index in [0.29, 0.717) is 0 Å². The Labute approximate surface area is 129 Å². The monoisotopic (exact) mass is 318 g/mol. The average molecular weight is 318 g/mol. The lowest BCUT2D eigenvalue weighted by molar-refractivity contribution is 0.143. The molecule has 0 bridgehead atoms. The zero-order chi connectivity index (χ0) is 16.4. The second kappa shape index (κ2) is 5.91. The Hall–Kier alpha value is -2.16. The lowest BCUT2D eigenvalue weighted by Crippen LogP contribution is -2.14. The fraction of sp³-hybridized carbons (Fsp3) is 0.176. The smallest absolute Gasteiger partial charge is 0.206 e. The molecule has 0 saturated carbocycles. The van der Waals surface area contributed by atoms with Crippen LogP contribution < -0.4 is 0 Å². The van der Waals surface area contributed by atoms with E-state index in [4.69, 9.17) is 0 Å². The third kappa shape index (κ3) is 3.73. The molecule has 22 heavy (non-hydrogen) atoms. The molecule has 2 rings (SSSR count). The predicted octanol–water partition coefficient (Wildman–Crippen LogP) is 2.78. The third-order valence-electron chi connectivity index (χ3n) is 2.81. The molecule has 0 aliphatic carbocycles. The van der Waals surface area contributed by atoms with Crippen LogP contribution in [0.15, 0.2) is 58.3 Å². The zero-order valence-corrected chi connectivity index (χ0v) is 13.0. The number of halogens is 1. The van der Waals surface area contributed by atoms with Crippen molar-refractivity contribution >= 4 is 9.84 Å². The Morgan fingerprint density at radius 1 is 1.05 bits per heavy atom. The van der Waals surface area contributed by atoms with Gasteiger partial charge in [0, 0.05) is 0 Å². The molecule has 0 aliphatic heterocycles. The summed E-state index contributed by atoms with van der Waals surface area (Å²) in [4.78, 5) is -0.0327. The van der Waals surface area contributed by atoms with E-state index in [1.54, 1.807) is 18.2 Å². The van der Waals surface area contributed by atoms with Crippen molar-refractivity contribution in [2.24, 2.45) is 0 Å². The van der Waals surface area contributed by atoms with Crippen molar-refractivity contribution in [3.8, 4) is 11.8 Å². The van der Waals surface area contributed by atoms with Crippen LogP contribution in [0.3, 0.4) is 0 Å². The lowest BCUT2D eigenvalue weighted by atomic mass is 10.1. The number of benzene rings is 2. The SMILES string of the molecule is CC(C)(O)C#Cc1ccc(S(=O)(=O)c2ccccc2)cc1F. The van der Waals surface area contributed by atoms with Gasteiger partial charge in [0.05, 0.1) is 15.4 Å². The highest BCUT2D eigenvalue weighted by Crippen LogP contribution is 2.22. The average Bonchev–Trinajstić information content (AvgIpc) is 2.46. The Balaban J connectivity index is 2.44. The van der Waals surface area contributed by atoms with Crippen LogP contribution in [0.25, 0.3) is 0 Å². The topological polar surface area (TPSA) is 54.4 Å². The van der Waals surface area contributed by atoms with E-state index in [-0.39, 0.29) is 15.4 Å². The van der Waals surface area contributed by atoms with Gasteiger partial charge in [-0.15, -0.1) is 0 Å². The first-order chi connectivity index (χ1) is 10.2. The molecule has 0 aliphatic rings. The molecule has 0 amide bonds. The van der Waals surface area contributed by atoms with Crippen LogP contribution >= 0.6 is 0 Å². The van der Waals surface area contributed by atoms with E-state index in [1.807, 2.05) is 0 Å². The fourth-order valence-corrected chi connectivity index (χ4v) is 3.01. The lowest BCUT2D eigenvalue weighted by Gasteiger charge is -2.07. The van der Waals surface area contributed by atoms with Crippen molar-refractivity contribution in [2.75, 3.05) is 0 Å². The van der Waals surface area contributed by atoms with Crippen LogP contribution in [0, 0.1) is 17.7 Å². The van der Waals surface area contributed by atoms with Crippen molar-refractivity contribution in [1.29, 1.82) is 0 Å². The van der Waals surface area contributed by atoms with Crippen molar-refractivity contribution in [3.63, 3.8) is 0 Å². The van der Waals surface area contributed by atoms with Crippen LogP contribution in [0.1, 0.15) is 19.4 Å². The van der Waals surface area contributed by atoms with Crippen molar-refractivity contribution in [2.45, 2.75) is 29.2 Å². The van der Waals surface area contributed by atoms with Crippen LogP contribution in [0.4, 0.5) is 4.39 Å². The number of hydrogen-bond acceptors (Lipinski definition) is 3. The first kappa shape index (κ1) is 16.2. The summed E-state index contributed by atoms with van der Waals surface area (Å²) in [6.45, 7) is 2.96. The van der Waals surface area contributed by atoms with Gasteiger partial charge in [-0.25, -0.2) is 12.8 Å². The van der Waals surface area contributed by atoms with Gasteiger partial charge in [0.1, 0.15) is 11.4 Å². The van der Waals surface area contributed by atoms with Crippen LogP contribution in [-0.2, 0) is 9.84 Å². The minimum atomic E-state index is -3.76. The van der Waals surface area contributed by atoms with Gasteiger partial charge in [0.15, 0.2) is 0 Å². The molecule has 2 aromatic carbocycles. The molecule has 0 heterocycles.